The van der Waals surface area contributed by atoms with Crippen LogP contribution < -0.4 is 10.1 Å². The molecule has 0 unspecified atom stereocenters. The number of nitrogens with one attached hydrogen (secondary N) is 1. The molecule has 1 aliphatic heterocycles. The molecule has 0 spiro atoms. The van der Waals surface area contributed by atoms with Gasteiger partial charge in [0.1, 0.15) is 11.6 Å². The van der Waals surface area contributed by atoms with E-state index < -0.39 is 0 Å². The number of rotatable bonds is 4. The molecule has 1 aliphatic rings. The predicted molar refractivity (Wildman–Crippen MR) is 122 cm³/mol. The van der Waals surface area contributed by atoms with Gasteiger partial charge in [-0.05, 0) is 50.1 Å². The van der Waals surface area contributed by atoms with Crippen LogP contribution in [0.3, 0.4) is 0 Å². The van der Waals surface area contributed by atoms with Gasteiger partial charge in [0.05, 0.1) is 29.6 Å². The lowest BCUT2D eigenvalue weighted by Crippen LogP contribution is -2.14. The summed E-state index contributed by atoms with van der Waals surface area (Å²) in [6.07, 6.45) is 5.53. The summed E-state index contributed by atoms with van der Waals surface area (Å²) < 4.78 is 7.51. The topological polar surface area (TPSA) is 69.0 Å². The molecule has 5 rings (SSSR count). The second-order valence-electron chi connectivity index (χ2n) is 7.91. The number of aromatic nitrogens is 3. The number of fused-ring (bicyclic) bond motifs is 2. The van der Waals surface area contributed by atoms with Crippen molar-refractivity contribution >= 4 is 22.5 Å². The summed E-state index contributed by atoms with van der Waals surface area (Å²) in [6.45, 7) is 2.87. The number of anilines is 1. The minimum Gasteiger partial charge on any atom is -0.497 e. The van der Waals surface area contributed by atoms with Crippen molar-refractivity contribution in [1.82, 2.24) is 14.5 Å². The first-order chi connectivity index (χ1) is 15.1. The van der Waals surface area contributed by atoms with Gasteiger partial charge in [0.2, 0.25) is 0 Å². The Morgan fingerprint density at radius 1 is 1.10 bits per heavy atom. The molecular weight excluding hydrogens is 388 g/mol. The molecule has 0 atom stereocenters. The van der Waals surface area contributed by atoms with Crippen molar-refractivity contribution in [3.63, 3.8) is 0 Å². The van der Waals surface area contributed by atoms with Crippen LogP contribution in [0.2, 0.25) is 0 Å². The fourth-order valence-electron chi connectivity index (χ4n) is 4.11. The molecule has 0 saturated carbocycles. The van der Waals surface area contributed by atoms with Gasteiger partial charge in [0, 0.05) is 41.9 Å². The molecule has 0 aliphatic carbocycles. The lowest BCUT2D eigenvalue weighted by Gasteiger charge is -2.11. The highest BCUT2D eigenvalue weighted by Gasteiger charge is 2.15. The zero-order valence-corrected chi connectivity index (χ0v) is 17.7. The van der Waals surface area contributed by atoms with E-state index in [9.17, 15) is 4.79 Å². The molecule has 0 fully saturated rings. The smallest absolute Gasteiger partial charge is 0.257 e. The Labute approximate surface area is 180 Å². The van der Waals surface area contributed by atoms with Gasteiger partial charge in [0.15, 0.2) is 0 Å². The van der Waals surface area contributed by atoms with Gasteiger partial charge in [0.25, 0.3) is 5.91 Å². The summed E-state index contributed by atoms with van der Waals surface area (Å²) in [5.74, 6) is 1.71. The average Bonchev–Trinajstić information content (AvgIpc) is 3.23. The Kier molecular flexibility index (Phi) is 4.90. The highest BCUT2D eigenvalue weighted by Crippen LogP contribution is 2.26. The number of pyridine rings is 1. The fraction of sp³-hybridized carbons (Fsp3) is 0.240. The number of aryl methyl sites for hydroxylation is 3. The van der Waals surface area contributed by atoms with Crippen LogP contribution in [-0.2, 0) is 13.0 Å². The molecule has 2 aromatic heterocycles. The number of carbonyl (C=O) groups excluding carboxylic acids is 1. The molecular formula is C25H24N4O2. The van der Waals surface area contributed by atoms with Crippen molar-refractivity contribution in [1.29, 1.82) is 0 Å². The first kappa shape index (κ1) is 19.3. The number of ether oxygens (including phenoxy) is 1. The second kappa shape index (κ2) is 7.87. The van der Waals surface area contributed by atoms with Crippen LogP contribution in [0.15, 0.2) is 54.7 Å². The molecule has 31 heavy (non-hydrogen) atoms. The number of hydrogen-bond donors (Lipinski definition) is 1. The first-order valence-electron chi connectivity index (χ1n) is 10.5. The standard InChI is InChI=1S/C25H24N4O2/c1-16-21(13-18-9-10-20(31-2)14-22(18)26-16)25(30)27-19-7-5-6-17(12-19)23-15-29-11-4-3-8-24(29)28-23/h5-7,9-10,12-15H,3-4,8,11H2,1-2H3,(H,27,30). The third-order valence-corrected chi connectivity index (χ3v) is 5.78. The zero-order chi connectivity index (χ0) is 21.4. The SMILES string of the molecule is COc1ccc2cc(C(=O)Nc3cccc(-c4cn5c(n4)CCCC5)c3)c(C)nc2c1. The lowest BCUT2D eigenvalue weighted by atomic mass is 10.1. The van der Waals surface area contributed by atoms with Crippen LogP contribution >= 0.6 is 0 Å². The van der Waals surface area contributed by atoms with E-state index in [2.05, 4.69) is 21.1 Å². The van der Waals surface area contributed by atoms with Gasteiger partial charge in [-0.3, -0.25) is 9.78 Å². The number of imidazole rings is 1. The van der Waals surface area contributed by atoms with Crippen LogP contribution in [0.5, 0.6) is 5.75 Å². The number of benzene rings is 2. The van der Waals surface area contributed by atoms with Crippen molar-refractivity contribution in [2.45, 2.75) is 32.7 Å². The monoisotopic (exact) mass is 412 g/mol. The van der Waals surface area contributed by atoms with Gasteiger partial charge < -0.3 is 14.6 Å². The summed E-state index contributed by atoms with van der Waals surface area (Å²) in [5.41, 5.74) is 4.73. The molecule has 156 valence electrons. The molecule has 0 bridgehead atoms. The van der Waals surface area contributed by atoms with Crippen LogP contribution in [0.4, 0.5) is 5.69 Å². The molecule has 1 N–H and O–H groups in total. The molecule has 0 saturated heterocycles. The Bertz CT molecular complexity index is 1270. The normalized spacial score (nSPS) is 13.1. The van der Waals surface area contributed by atoms with Gasteiger partial charge >= 0.3 is 0 Å². The van der Waals surface area contributed by atoms with E-state index in [1.807, 2.05) is 55.5 Å². The minimum absolute atomic E-state index is 0.177. The van der Waals surface area contributed by atoms with E-state index in [0.717, 1.165) is 52.4 Å². The van der Waals surface area contributed by atoms with Crippen molar-refractivity contribution in [2.75, 3.05) is 12.4 Å². The third-order valence-electron chi connectivity index (χ3n) is 5.78. The van der Waals surface area contributed by atoms with E-state index in [-0.39, 0.29) is 5.91 Å². The average molecular weight is 412 g/mol. The van der Waals surface area contributed by atoms with Crippen LogP contribution in [-0.4, -0.2) is 27.6 Å². The third kappa shape index (κ3) is 3.77. The van der Waals surface area contributed by atoms with Crippen molar-refractivity contribution in [3.8, 4) is 17.0 Å². The maximum absolute atomic E-state index is 13.0. The van der Waals surface area contributed by atoms with Crippen LogP contribution in [0.25, 0.3) is 22.2 Å². The maximum Gasteiger partial charge on any atom is 0.257 e. The Morgan fingerprint density at radius 3 is 2.84 bits per heavy atom. The highest BCUT2D eigenvalue weighted by atomic mass is 16.5. The van der Waals surface area contributed by atoms with Crippen LogP contribution in [0, 0.1) is 6.92 Å². The number of hydrogen-bond acceptors (Lipinski definition) is 4. The lowest BCUT2D eigenvalue weighted by molar-refractivity contribution is 0.102. The quantitative estimate of drug-likeness (QED) is 0.512. The summed E-state index contributed by atoms with van der Waals surface area (Å²) in [4.78, 5) is 22.4. The predicted octanol–water partition coefficient (Wildman–Crippen LogP) is 5.00. The van der Waals surface area contributed by atoms with E-state index in [1.165, 1.54) is 12.8 Å². The highest BCUT2D eigenvalue weighted by molar-refractivity contribution is 6.07. The van der Waals surface area contributed by atoms with Gasteiger partial charge in [-0.25, -0.2) is 4.98 Å². The van der Waals surface area contributed by atoms with Gasteiger partial charge in [-0.1, -0.05) is 12.1 Å². The molecule has 0 radical (unpaired) electrons. The summed E-state index contributed by atoms with van der Waals surface area (Å²) in [6, 6.07) is 15.4. The molecule has 4 aromatic rings. The zero-order valence-electron chi connectivity index (χ0n) is 17.7. The van der Waals surface area contributed by atoms with Gasteiger partial charge in [-0.15, -0.1) is 0 Å². The largest absolute Gasteiger partial charge is 0.497 e. The van der Waals surface area contributed by atoms with E-state index in [1.54, 1.807) is 7.11 Å². The summed E-state index contributed by atoms with van der Waals surface area (Å²) in [7, 11) is 1.63. The van der Waals surface area contributed by atoms with E-state index in [4.69, 9.17) is 9.72 Å². The minimum atomic E-state index is -0.177. The van der Waals surface area contributed by atoms with Gasteiger partial charge in [-0.2, -0.15) is 0 Å². The number of amides is 1. The number of nitrogens with zero attached hydrogens (tertiary/aromatic N) is 3. The fourth-order valence-corrected chi connectivity index (χ4v) is 4.11. The molecule has 2 aromatic carbocycles. The molecule has 6 nitrogen and oxygen atoms in total. The second-order valence-corrected chi connectivity index (χ2v) is 7.91. The van der Waals surface area contributed by atoms with Crippen molar-refractivity contribution in [3.05, 3.63) is 71.8 Å². The van der Waals surface area contributed by atoms with Crippen LogP contribution in [0.1, 0.15) is 34.7 Å². The Balaban J connectivity index is 1.41. The summed E-state index contributed by atoms with van der Waals surface area (Å²) >= 11 is 0. The summed E-state index contributed by atoms with van der Waals surface area (Å²) in [5, 5.41) is 3.92. The molecule has 1 amide bonds. The Morgan fingerprint density at radius 2 is 2.00 bits per heavy atom. The number of methoxy groups -OCH3 is 1. The molecule has 6 heteroatoms. The molecule has 3 heterocycles. The van der Waals surface area contributed by atoms with Crippen molar-refractivity contribution in [2.24, 2.45) is 0 Å². The Hall–Kier alpha value is -3.67. The maximum atomic E-state index is 13.0. The number of carbonyl (C=O) groups is 1. The van der Waals surface area contributed by atoms with E-state index >= 15 is 0 Å². The first-order valence-corrected chi connectivity index (χ1v) is 10.5. The van der Waals surface area contributed by atoms with E-state index in [0.29, 0.717) is 11.3 Å². The van der Waals surface area contributed by atoms with Crippen molar-refractivity contribution < 1.29 is 9.53 Å².